The van der Waals surface area contributed by atoms with Crippen LogP contribution < -0.4 is 15.6 Å². The van der Waals surface area contributed by atoms with Crippen LogP contribution in [0.2, 0.25) is 0 Å². The number of nitrogens with one attached hydrogen (secondary N) is 2. The molecule has 0 saturated carbocycles. The van der Waals surface area contributed by atoms with E-state index in [0.29, 0.717) is 28.2 Å². The highest BCUT2D eigenvalue weighted by molar-refractivity contribution is 5.64. The molecule has 116 valence electrons. The lowest BCUT2D eigenvalue weighted by atomic mass is 9.83. The molecule has 1 unspecified atom stereocenters. The van der Waals surface area contributed by atoms with Crippen LogP contribution in [0.1, 0.15) is 24.0 Å². The molecule has 23 heavy (non-hydrogen) atoms. The highest BCUT2D eigenvalue weighted by Crippen LogP contribution is 2.38. The van der Waals surface area contributed by atoms with Crippen molar-refractivity contribution in [2.45, 2.75) is 12.8 Å². The van der Waals surface area contributed by atoms with Gasteiger partial charge in [0.2, 0.25) is 0 Å². The standard InChI is InChI=1S/C16H13FN4O2/c1-8-11(7-18)12(9-3-5-10(17)6-4-9)13-14(19-8)20-16(23-2)21-15(13)22/h3-6,12H,1-2H3,(H2,19,20,21,22). The van der Waals surface area contributed by atoms with Crippen molar-refractivity contribution in [3.63, 3.8) is 0 Å². The second-order valence-electron chi connectivity index (χ2n) is 5.10. The van der Waals surface area contributed by atoms with Crippen molar-refractivity contribution in [2.24, 2.45) is 0 Å². The van der Waals surface area contributed by atoms with Crippen molar-refractivity contribution in [3.05, 3.63) is 62.8 Å². The molecular weight excluding hydrogens is 299 g/mol. The average molecular weight is 312 g/mol. The lowest BCUT2D eigenvalue weighted by Gasteiger charge is -2.26. The van der Waals surface area contributed by atoms with E-state index in [-0.39, 0.29) is 11.8 Å². The predicted octanol–water partition coefficient (Wildman–Crippen LogP) is 2.27. The van der Waals surface area contributed by atoms with Crippen molar-refractivity contribution in [1.29, 1.82) is 5.26 Å². The normalized spacial score (nSPS) is 16.3. The number of anilines is 1. The maximum absolute atomic E-state index is 13.2. The molecule has 0 aliphatic carbocycles. The molecule has 0 amide bonds. The fourth-order valence-corrected chi connectivity index (χ4v) is 2.66. The molecule has 1 aromatic heterocycles. The number of aromatic amines is 1. The first-order valence-electron chi connectivity index (χ1n) is 6.86. The van der Waals surface area contributed by atoms with Gasteiger partial charge in [0.1, 0.15) is 11.6 Å². The van der Waals surface area contributed by atoms with Crippen molar-refractivity contribution in [3.8, 4) is 12.1 Å². The third-order valence-electron chi connectivity index (χ3n) is 3.74. The summed E-state index contributed by atoms with van der Waals surface area (Å²) in [4.78, 5) is 19.2. The minimum Gasteiger partial charge on any atom is -0.468 e. The van der Waals surface area contributed by atoms with Crippen molar-refractivity contribution in [1.82, 2.24) is 9.97 Å². The Labute approximate surface area is 131 Å². The SMILES string of the molecule is COc1nc2c(c(=O)[nH]1)C(c1ccc(F)cc1)C(C#N)=C(C)N2. The lowest BCUT2D eigenvalue weighted by Crippen LogP contribution is -2.27. The number of nitrogens with zero attached hydrogens (tertiary/aromatic N) is 2. The minimum atomic E-state index is -0.612. The number of aromatic nitrogens is 2. The quantitative estimate of drug-likeness (QED) is 0.887. The number of benzene rings is 1. The summed E-state index contributed by atoms with van der Waals surface area (Å²) in [5.41, 5.74) is 1.52. The molecule has 1 aliphatic heterocycles. The largest absolute Gasteiger partial charge is 0.468 e. The minimum absolute atomic E-state index is 0.0762. The molecule has 3 rings (SSSR count). The number of rotatable bonds is 2. The van der Waals surface area contributed by atoms with Crippen LogP contribution in [-0.2, 0) is 0 Å². The van der Waals surface area contributed by atoms with Gasteiger partial charge in [-0.05, 0) is 24.6 Å². The number of fused-ring (bicyclic) bond motifs is 1. The van der Waals surface area contributed by atoms with Crippen molar-refractivity contribution in [2.75, 3.05) is 12.4 Å². The van der Waals surface area contributed by atoms with E-state index in [2.05, 4.69) is 21.4 Å². The van der Waals surface area contributed by atoms with Gasteiger partial charge in [-0.2, -0.15) is 10.2 Å². The number of halogens is 1. The van der Waals surface area contributed by atoms with Gasteiger partial charge in [-0.25, -0.2) is 4.39 Å². The van der Waals surface area contributed by atoms with Gasteiger partial charge in [0.05, 0.1) is 30.2 Å². The maximum Gasteiger partial charge on any atom is 0.298 e. The number of hydrogen-bond acceptors (Lipinski definition) is 5. The lowest BCUT2D eigenvalue weighted by molar-refractivity contribution is 0.378. The van der Waals surface area contributed by atoms with Crippen LogP contribution >= 0.6 is 0 Å². The molecule has 1 aromatic carbocycles. The summed E-state index contributed by atoms with van der Waals surface area (Å²) in [5.74, 6) is -0.667. The third kappa shape index (κ3) is 2.44. The second-order valence-corrected chi connectivity index (χ2v) is 5.10. The van der Waals surface area contributed by atoms with Gasteiger partial charge in [-0.1, -0.05) is 12.1 Å². The fraction of sp³-hybridized carbons (Fsp3) is 0.188. The summed E-state index contributed by atoms with van der Waals surface area (Å²) in [5, 5.41) is 12.4. The Bertz CT molecular complexity index is 894. The van der Waals surface area contributed by atoms with E-state index in [4.69, 9.17) is 4.74 Å². The molecule has 2 N–H and O–H groups in total. The van der Waals surface area contributed by atoms with Gasteiger partial charge in [-0.3, -0.25) is 9.78 Å². The smallest absolute Gasteiger partial charge is 0.298 e. The molecule has 0 radical (unpaired) electrons. The van der Waals surface area contributed by atoms with Crippen LogP contribution in [0.5, 0.6) is 6.01 Å². The molecule has 0 saturated heterocycles. The maximum atomic E-state index is 13.2. The zero-order valence-corrected chi connectivity index (χ0v) is 12.5. The Kier molecular flexibility index (Phi) is 3.58. The van der Waals surface area contributed by atoms with E-state index >= 15 is 0 Å². The van der Waals surface area contributed by atoms with Crippen molar-refractivity contribution >= 4 is 5.82 Å². The summed E-state index contributed by atoms with van der Waals surface area (Å²) in [6, 6.07) is 7.92. The first-order chi connectivity index (χ1) is 11.0. The van der Waals surface area contributed by atoms with Crippen LogP contribution in [0.4, 0.5) is 10.2 Å². The Hall–Kier alpha value is -3.14. The van der Waals surface area contributed by atoms with E-state index < -0.39 is 11.5 Å². The molecule has 0 fully saturated rings. The molecule has 1 aliphatic rings. The van der Waals surface area contributed by atoms with E-state index in [1.54, 1.807) is 19.1 Å². The van der Waals surface area contributed by atoms with Gasteiger partial charge in [0.25, 0.3) is 11.6 Å². The van der Waals surface area contributed by atoms with Crippen LogP contribution in [0.3, 0.4) is 0 Å². The summed E-state index contributed by atoms with van der Waals surface area (Å²) < 4.78 is 18.2. The Morgan fingerprint density at radius 3 is 2.65 bits per heavy atom. The first kappa shape index (κ1) is 14.8. The highest BCUT2D eigenvalue weighted by atomic mass is 19.1. The number of nitriles is 1. The Balaban J connectivity index is 2.27. The molecule has 2 aromatic rings. The van der Waals surface area contributed by atoms with Crippen LogP contribution in [-0.4, -0.2) is 17.1 Å². The van der Waals surface area contributed by atoms with Gasteiger partial charge < -0.3 is 10.1 Å². The predicted molar refractivity (Wildman–Crippen MR) is 81.6 cm³/mol. The number of hydrogen-bond donors (Lipinski definition) is 2. The van der Waals surface area contributed by atoms with Gasteiger partial charge in [0.15, 0.2) is 0 Å². The Morgan fingerprint density at radius 2 is 2.04 bits per heavy atom. The molecule has 1 atom stereocenters. The molecule has 7 heteroatoms. The van der Waals surface area contributed by atoms with Crippen LogP contribution in [0.15, 0.2) is 40.3 Å². The van der Waals surface area contributed by atoms with E-state index in [1.165, 1.54) is 19.2 Å². The van der Waals surface area contributed by atoms with Gasteiger partial charge in [-0.15, -0.1) is 0 Å². The summed E-state index contributed by atoms with van der Waals surface area (Å²) in [6.45, 7) is 1.73. The fourth-order valence-electron chi connectivity index (χ4n) is 2.66. The van der Waals surface area contributed by atoms with E-state index in [9.17, 15) is 14.4 Å². The molecule has 2 heterocycles. The topological polar surface area (TPSA) is 90.8 Å². The molecule has 6 nitrogen and oxygen atoms in total. The molecular formula is C16H13FN4O2. The van der Waals surface area contributed by atoms with Crippen LogP contribution in [0.25, 0.3) is 0 Å². The summed E-state index contributed by atoms with van der Waals surface area (Å²) in [6.07, 6.45) is 0. The van der Waals surface area contributed by atoms with Gasteiger partial charge in [0, 0.05) is 5.70 Å². The number of allylic oxidation sites excluding steroid dienone is 2. The second kappa shape index (κ2) is 5.57. The first-order valence-corrected chi connectivity index (χ1v) is 6.86. The number of methoxy groups -OCH3 is 1. The Morgan fingerprint density at radius 1 is 1.35 bits per heavy atom. The van der Waals surface area contributed by atoms with Crippen molar-refractivity contribution < 1.29 is 9.13 Å². The summed E-state index contributed by atoms with van der Waals surface area (Å²) in [7, 11) is 1.40. The molecule has 0 spiro atoms. The zero-order chi connectivity index (χ0) is 16.6. The summed E-state index contributed by atoms with van der Waals surface area (Å²) >= 11 is 0. The van der Waals surface area contributed by atoms with Crippen LogP contribution in [0, 0.1) is 17.1 Å². The highest BCUT2D eigenvalue weighted by Gasteiger charge is 2.32. The van der Waals surface area contributed by atoms with E-state index in [0.717, 1.165) is 0 Å². The molecule has 0 bridgehead atoms. The monoisotopic (exact) mass is 312 g/mol. The van der Waals surface area contributed by atoms with Gasteiger partial charge >= 0.3 is 0 Å². The number of H-pyrrole nitrogens is 1. The zero-order valence-electron chi connectivity index (χ0n) is 12.5. The third-order valence-corrected chi connectivity index (χ3v) is 3.74. The van der Waals surface area contributed by atoms with E-state index in [1.807, 2.05) is 0 Å². The average Bonchev–Trinajstić information content (AvgIpc) is 2.54. The number of ether oxygens (including phenoxy) is 1.